The molecule has 0 saturated heterocycles. The number of aryl methyl sites for hydroxylation is 1. The fourth-order valence-electron chi connectivity index (χ4n) is 1.72. The van der Waals surface area contributed by atoms with Crippen LogP contribution in [-0.4, -0.2) is 9.97 Å². The minimum absolute atomic E-state index is 0.121. The van der Waals surface area contributed by atoms with E-state index < -0.39 is 0 Å². The highest BCUT2D eigenvalue weighted by Gasteiger charge is 2.07. The Kier molecular flexibility index (Phi) is 3.67. The monoisotopic (exact) mass is 262 g/mol. The van der Waals surface area contributed by atoms with Crippen LogP contribution in [0.1, 0.15) is 24.4 Å². The Hall–Kier alpha value is -1.81. The molecule has 2 aromatic rings. The van der Waals surface area contributed by atoms with Gasteiger partial charge in [0.05, 0.1) is 0 Å². The molecule has 1 unspecified atom stereocenters. The molecule has 1 atom stereocenters. The maximum Gasteiger partial charge on any atom is 0.132 e. The third-order valence-corrected chi connectivity index (χ3v) is 2.84. The van der Waals surface area contributed by atoms with Crippen molar-refractivity contribution in [1.82, 2.24) is 9.97 Å². The summed E-state index contributed by atoms with van der Waals surface area (Å²) in [4.78, 5) is 8.32. The van der Waals surface area contributed by atoms with Crippen molar-refractivity contribution in [2.75, 3.05) is 11.1 Å². The van der Waals surface area contributed by atoms with Gasteiger partial charge in [0, 0.05) is 17.1 Å². The molecule has 0 spiro atoms. The van der Waals surface area contributed by atoms with E-state index in [4.69, 9.17) is 17.3 Å². The van der Waals surface area contributed by atoms with E-state index in [1.165, 1.54) is 0 Å². The molecule has 1 aromatic heterocycles. The van der Waals surface area contributed by atoms with Crippen molar-refractivity contribution in [3.05, 3.63) is 46.7 Å². The van der Waals surface area contributed by atoms with Crippen LogP contribution in [0.4, 0.5) is 11.6 Å². The number of nitrogens with zero attached hydrogens (tertiary/aromatic N) is 2. The third-order valence-electron chi connectivity index (χ3n) is 2.59. The molecule has 0 aliphatic carbocycles. The van der Waals surface area contributed by atoms with Gasteiger partial charge < -0.3 is 11.1 Å². The van der Waals surface area contributed by atoms with Crippen molar-refractivity contribution < 1.29 is 0 Å². The van der Waals surface area contributed by atoms with Crippen molar-refractivity contribution in [3.63, 3.8) is 0 Å². The number of hydrogen-bond donors (Lipinski definition) is 2. The second-order valence-corrected chi connectivity index (χ2v) is 4.58. The quantitative estimate of drug-likeness (QED) is 0.892. The SMILES string of the molecule is Cc1nc(N)cc(NC(C)c2ccc(Cl)cc2)n1. The lowest BCUT2D eigenvalue weighted by Crippen LogP contribution is -2.09. The number of hydrogen-bond acceptors (Lipinski definition) is 4. The molecule has 18 heavy (non-hydrogen) atoms. The number of benzene rings is 1. The Morgan fingerprint density at radius 2 is 1.89 bits per heavy atom. The Balaban J connectivity index is 2.15. The van der Waals surface area contributed by atoms with Crippen molar-refractivity contribution in [1.29, 1.82) is 0 Å². The van der Waals surface area contributed by atoms with Crippen molar-refractivity contribution in [3.8, 4) is 0 Å². The topological polar surface area (TPSA) is 63.8 Å². The summed E-state index contributed by atoms with van der Waals surface area (Å²) in [5.41, 5.74) is 6.82. The van der Waals surface area contributed by atoms with Gasteiger partial charge in [-0.3, -0.25) is 0 Å². The zero-order chi connectivity index (χ0) is 13.1. The van der Waals surface area contributed by atoms with Crippen LogP contribution in [0.3, 0.4) is 0 Å². The molecule has 0 radical (unpaired) electrons. The summed E-state index contributed by atoms with van der Waals surface area (Å²) in [5.74, 6) is 1.84. The summed E-state index contributed by atoms with van der Waals surface area (Å²) in [7, 11) is 0. The van der Waals surface area contributed by atoms with Crippen LogP contribution in [0.2, 0.25) is 5.02 Å². The second-order valence-electron chi connectivity index (χ2n) is 4.14. The summed E-state index contributed by atoms with van der Waals surface area (Å²) < 4.78 is 0. The van der Waals surface area contributed by atoms with E-state index in [9.17, 15) is 0 Å². The number of anilines is 2. The Morgan fingerprint density at radius 1 is 1.22 bits per heavy atom. The normalized spacial score (nSPS) is 12.2. The maximum atomic E-state index is 5.86. The van der Waals surface area contributed by atoms with Crippen LogP contribution in [0.15, 0.2) is 30.3 Å². The third kappa shape index (κ3) is 3.11. The van der Waals surface area contributed by atoms with Gasteiger partial charge in [-0.15, -0.1) is 0 Å². The van der Waals surface area contributed by atoms with Gasteiger partial charge in [-0.1, -0.05) is 23.7 Å². The summed E-state index contributed by atoms with van der Waals surface area (Å²) in [6.45, 7) is 3.87. The first kappa shape index (κ1) is 12.6. The zero-order valence-electron chi connectivity index (χ0n) is 10.3. The molecule has 0 saturated carbocycles. The Morgan fingerprint density at radius 3 is 2.50 bits per heavy atom. The minimum Gasteiger partial charge on any atom is -0.384 e. The number of rotatable bonds is 3. The van der Waals surface area contributed by atoms with E-state index in [2.05, 4.69) is 22.2 Å². The summed E-state index contributed by atoms with van der Waals surface area (Å²) >= 11 is 5.86. The molecule has 1 aromatic carbocycles. The predicted octanol–water partition coefficient (Wildman–Crippen LogP) is 3.19. The molecule has 0 fully saturated rings. The molecule has 0 aliphatic rings. The van der Waals surface area contributed by atoms with Gasteiger partial charge in [0.2, 0.25) is 0 Å². The Bertz CT molecular complexity index is 519. The molecule has 1 heterocycles. The van der Waals surface area contributed by atoms with E-state index in [-0.39, 0.29) is 6.04 Å². The Labute approximate surface area is 111 Å². The van der Waals surface area contributed by atoms with Gasteiger partial charge >= 0.3 is 0 Å². The van der Waals surface area contributed by atoms with E-state index in [0.717, 1.165) is 16.4 Å². The van der Waals surface area contributed by atoms with Gasteiger partial charge in [0.1, 0.15) is 17.5 Å². The summed E-state index contributed by atoms with van der Waals surface area (Å²) in [5, 5.41) is 4.01. The van der Waals surface area contributed by atoms with E-state index in [1.54, 1.807) is 6.07 Å². The number of nitrogens with one attached hydrogen (secondary N) is 1. The van der Waals surface area contributed by atoms with Gasteiger partial charge in [0.25, 0.3) is 0 Å². The van der Waals surface area contributed by atoms with Gasteiger partial charge in [-0.05, 0) is 31.5 Å². The summed E-state index contributed by atoms with van der Waals surface area (Å²) in [6.07, 6.45) is 0. The second kappa shape index (κ2) is 5.23. The van der Waals surface area contributed by atoms with Crippen LogP contribution < -0.4 is 11.1 Å². The van der Waals surface area contributed by atoms with Crippen LogP contribution >= 0.6 is 11.6 Å². The zero-order valence-corrected chi connectivity index (χ0v) is 11.1. The maximum absolute atomic E-state index is 5.86. The largest absolute Gasteiger partial charge is 0.384 e. The minimum atomic E-state index is 0.121. The fourth-order valence-corrected chi connectivity index (χ4v) is 1.85. The van der Waals surface area contributed by atoms with Crippen LogP contribution in [0, 0.1) is 6.92 Å². The molecule has 0 amide bonds. The van der Waals surface area contributed by atoms with E-state index >= 15 is 0 Å². The lowest BCUT2D eigenvalue weighted by atomic mass is 10.1. The lowest BCUT2D eigenvalue weighted by Gasteiger charge is -2.15. The first-order chi connectivity index (χ1) is 8.54. The molecular weight excluding hydrogens is 248 g/mol. The number of aromatic nitrogens is 2. The van der Waals surface area contributed by atoms with Crippen molar-refractivity contribution >= 4 is 23.2 Å². The molecule has 94 valence electrons. The average Bonchev–Trinajstić information content (AvgIpc) is 2.28. The highest BCUT2D eigenvalue weighted by atomic mass is 35.5. The standard InChI is InChI=1S/C13H15ClN4/c1-8(10-3-5-11(14)6-4-10)16-13-7-12(15)17-9(2)18-13/h3-8H,1-2H3,(H3,15,16,17,18). The van der Waals surface area contributed by atoms with Crippen LogP contribution in [-0.2, 0) is 0 Å². The highest BCUT2D eigenvalue weighted by molar-refractivity contribution is 6.30. The van der Waals surface area contributed by atoms with Gasteiger partial charge in [0.15, 0.2) is 0 Å². The van der Waals surface area contributed by atoms with Gasteiger partial charge in [-0.2, -0.15) is 0 Å². The molecule has 3 N–H and O–H groups in total. The molecule has 0 bridgehead atoms. The average molecular weight is 263 g/mol. The molecule has 2 rings (SSSR count). The number of nitrogens with two attached hydrogens (primary N) is 1. The predicted molar refractivity (Wildman–Crippen MR) is 74.7 cm³/mol. The van der Waals surface area contributed by atoms with Crippen molar-refractivity contribution in [2.24, 2.45) is 0 Å². The van der Waals surface area contributed by atoms with Crippen LogP contribution in [0.25, 0.3) is 0 Å². The summed E-state index contributed by atoms with van der Waals surface area (Å²) in [6, 6.07) is 9.55. The molecular formula is C13H15ClN4. The van der Waals surface area contributed by atoms with Crippen LogP contribution in [0.5, 0.6) is 0 Å². The van der Waals surface area contributed by atoms with Crippen molar-refractivity contribution in [2.45, 2.75) is 19.9 Å². The molecule has 0 aliphatic heterocycles. The number of nitrogen functional groups attached to an aromatic ring is 1. The highest BCUT2D eigenvalue weighted by Crippen LogP contribution is 2.20. The van der Waals surface area contributed by atoms with Gasteiger partial charge in [-0.25, -0.2) is 9.97 Å². The van der Waals surface area contributed by atoms with E-state index in [0.29, 0.717) is 11.6 Å². The van der Waals surface area contributed by atoms with E-state index in [1.807, 2.05) is 31.2 Å². The first-order valence-electron chi connectivity index (χ1n) is 5.68. The molecule has 4 nitrogen and oxygen atoms in total. The molecule has 5 heteroatoms. The number of halogens is 1. The fraction of sp³-hybridized carbons (Fsp3) is 0.231. The first-order valence-corrected chi connectivity index (χ1v) is 6.05. The smallest absolute Gasteiger partial charge is 0.132 e. The lowest BCUT2D eigenvalue weighted by molar-refractivity contribution is 0.868.